The smallest absolute Gasteiger partial charge is 0.337 e. The van der Waals surface area contributed by atoms with Gasteiger partial charge in [0.25, 0.3) is 0 Å². The molecule has 21 heavy (non-hydrogen) atoms. The van der Waals surface area contributed by atoms with E-state index in [9.17, 15) is 24.6 Å². The number of ether oxygens (including phenoxy) is 2. The number of aliphatic hydroxyl groups excluding tert-OH is 2. The Bertz CT molecular complexity index is 376. The molecular formula is C13H22O8. The van der Waals surface area contributed by atoms with Gasteiger partial charge in [0.2, 0.25) is 0 Å². The largest absolute Gasteiger partial charge is 0.481 e. The number of hydrogen-bond donors (Lipinski definition) is 3. The van der Waals surface area contributed by atoms with Crippen molar-refractivity contribution in [3.63, 3.8) is 0 Å². The van der Waals surface area contributed by atoms with E-state index in [-0.39, 0.29) is 0 Å². The van der Waals surface area contributed by atoms with Crippen LogP contribution in [0.25, 0.3) is 0 Å². The monoisotopic (exact) mass is 306 g/mol. The Kier molecular flexibility index (Phi) is 7.90. The lowest BCUT2D eigenvalue weighted by Gasteiger charge is -2.23. The Morgan fingerprint density at radius 1 is 0.952 bits per heavy atom. The zero-order valence-electron chi connectivity index (χ0n) is 12.5. The quantitative estimate of drug-likeness (QED) is 0.521. The van der Waals surface area contributed by atoms with Crippen LogP contribution in [-0.2, 0) is 23.9 Å². The van der Waals surface area contributed by atoms with E-state index in [0.29, 0.717) is 0 Å². The average Bonchev–Trinajstić information content (AvgIpc) is 2.32. The Morgan fingerprint density at radius 3 is 1.81 bits per heavy atom. The van der Waals surface area contributed by atoms with Crippen molar-refractivity contribution in [3.05, 3.63) is 0 Å². The summed E-state index contributed by atoms with van der Waals surface area (Å²) in [5, 5.41) is 28.4. The number of carbonyl (C=O) groups is 3. The lowest BCUT2D eigenvalue weighted by molar-refractivity contribution is -0.172. The molecule has 0 rings (SSSR count). The molecule has 3 atom stereocenters. The van der Waals surface area contributed by atoms with Crippen molar-refractivity contribution < 1.29 is 39.2 Å². The minimum atomic E-state index is -2.06. The highest BCUT2D eigenvalue weighted by molar-refractivity contribution is 5.81. The van der Waals surface area contributed by atoms with Crippen LogP contribution in [0.1, 0.15) is 34.1 Å². The molecule has 0 saturated carbocycles. The summed E-state index contributed by atoms with van der Waals surface area (Å²) in [6, 6.07) is 0. The summed E-state index contributed by atoms with van der Waals surface area (Å²) in [6.45, 7) is 6.23. The minimum absolute atomic E-state index is 0.445. The van der Waals surface area contributed by atoms with Gasteiger partial charge < -0.3 is 24.8 Å². The third kappa shape index (κ3) is 7.05. The Hall–Kier alpha value is -1.67. The number of rotatable bonds is 8. The molecule has 0 aliphatic heterocycles. The molecule has 3 N–H and O–H groups in total. The van der Waals surface area contributed by atoms with Crippen molar-refractivity contribution >= 4 is 17.9 Å². The van der Waals surface area contributed by atoms with Crippen LogP contribution in [0.4, 0.5) is 0 Å². The SMILES string of the molecule is CC(C)OC(=O)CC(C(=O)O)C(O)C(O)C(=O)OC(C)C. The first kappa shape index (κ1) is 19.3. The number of aliphatic carboxylic acids is 1. The highest BCUT2D eigenvalue weighted by atomic mass is 16.6. The summed E-state index contributed by atoms with van der Waals surface area (Å²) >= 11 is 0. The van der Waals surface area contributed by atoms with E-state index in [4.69, 9.17) is 9.84 Å². The maximum Gasteiger partial charge on any atom is 0.337 e. The van der Waals surface area contributed by atoms with Gasteiger partial charge in [-0.25, -0.2) is 4.79 Å². The van der Waals surface area contributed by atoms with Crippen molar-refractivity contribution in [3.8, 4) is 0 Å². The zero-order chi connectivity index (χ0) is 16.7. The summed E-state index contributed by atoms with van der Waals surface area (Å²) in [5.41, 5.74) is 0. The zero-order valence-corrected chi connectivity index (χ0v) is 12.5. The molecule has 0 radical (unpaired) electrons. The number of carbonyl (C=O) groups excluding carboxylic acids is 2. The number of esters is 2. The standard InChI is InChI=1S/C13H22O8/c1-6(2)20-9(14)5-8(12(17)18)10(15)11(16)13(19)21-7(3)4/h6-8,10-11,15-16H,5H2,1-4H3,(H,17,18). The Labute approximate surface area is 122 Å². The van der Waals surface area contributed by atoms with Gasteiger partial charge in [-0.2, -0.15) is 0 Å². The van der Waals surface area contributed by atoms with Gasteiger partial charge in [-0.1, -0.05) is 0 Å². The van der Waals surface area contributed by atoms with Crippen LogP contribution >= 0.6 is 0 Å². The molecule has 3 unspecified atom stereocenters. The lowest BCUT2D eigenvalue weighted by atomic mass is 9.94. The predicted molar refractivity (Wildman–Crippen MR) is 70.2 cm³/mol. The first-order valence-electron chi connectivity index (χ1n) is 6.55. The van der Waals surface area contributed by atoms with E-state index < -0.39 is 54.7 Å². The molecule has 0 fully saturated rings. The molecule has 0 aliphatic rings. The molecule has 122 valence electrons. The summed E-state index contributed by atoms with van der Waals surface area (Å²) in [6.07, 6.45) is -5.68. The summed E-state index contributed by atoms with van der Waals surface area (Å²) < 4.78 is 9.45. The minimum Gasteiger partial charge on any atom is -0.481 e. The molecular weight excluding hydrogens is 284 g/mol. The number of hydrogen-bond acceptors (Lipinski definition) is 7. The molecule has 8 nitrogen and oxygen atoms in total. The molecule has 0 aliphatic carbocycles. The maximum absolute atomic E-state index is 11.4. The van der Waals surface area contributed by atoms with Crippen molar-refractivity contribution in [2.75, 3.05) is 0 Å². The average molecular weight is 306 g/mol. The van der Waals surface area contributed by atoms with E-state index in [0.717, 1.165) is 0 Å². The van der Waals surface area contributed by atoms with Gasteiger partial charge in [0.05, 0.1) is 24.5 Å². The van der Waals surface area contributed by atoms with Crippen LogP contribution in [0.3, 0.4) is 0 Å². The predicted octanol–water partition coefficient (Wildman–Crippen LogP) is -0.298. The fourth-order valence-corrected chi connectivity index (χ4v) is 1.51. The van der Waals surface area contributed by atoms with Crippen LogP contribution in [-0.4, -0.2) is 57.6 Å². The van der Waals surface area contributed by atoms with E-state index in [1.807, 2.05) is 0 Å². The summed E-state index contributed by atoms with van der Waals surface area (Å²) in [7, 11) is 0. The molecule has 0 aromatic carbocycles. The third-order valence-electron chi connectivity index (χ3n) is 2.40. The van der Waals surface area contributed by atoms with E-state index in [2.05, 4.69) is 4.74 Å². The van der Waals surface area contributed by atoms with Gasteiger partial charge in [-0.05, 0) is 27.7 Å². The van der Waals surface area contributed by atoms with E-state index >= 15 is 0 Å². The van der Waals surface area contributed by atoms with Crippen LogP contribution in [0.2, 0.25) is 0 Å². The highest BCUT2D eigenvalue weighted by Gasteiger charge is 2.38. The van der Waals surface area contributed by atoms with Crippen LogP contribution < -0.4 is 0 Å². The fourth-order valence-electron chi connectivity index (χ4n) is 1.51. The molecule has 0 bridgehead atoms. The first-order chi connectivity index (χ1) is 9.56. The number of aliphatic hydroxyl groups is 2. The van der Waals surface area contributed by atoms with Crippen LogP contribution in [0.5, 0.6) is 0 Å². The van der Waals surface area contributed by atoms with Crippen molar-refractivity contribution in [2.45, 2.75) is 58.5 Å². The fraction of sp³-hybridized carbons (Fsp3) is 0.769. The van der Waals surface area contributed by atoms with Crippen LogP contribution in [0.15, 0.2) is 0 Å². The Morgan fingerprint density at radius 2 is 1.43 bits per heavy atom. The second kappa shape index (κ2) is 8.58. The van der Waals surface area contributed by atoms with E-state index in [1.165, 1.54) is 13.8 Å². The second-order valence-corrected chi connectivity index (χ2v) is 5.11. The van der Waals surface area contributed by atoms with Gasteiger partial charge in [0.15, 0.2) is 6.10 Å². The number of carboxylic acid groups (broad SMARTS) is 1. The number of carboxylic acids is 1. The maximum atomic E-state index is 11.4. The summed E-state index contributed by atoms with van der Waals surface area (Å²) in [4.78, 5) is 34.0. The topological polar surface area (TPSA) is 130 Å². The molecule has 0 saturated heterocycles. The summed E-state index contributed by atoms with van der Waals surface area (Å²) in [5.74, 6) is -5.20. The van der Waals surface area contributed by atoms with Gasteiger partial charge in [-0.3, -0.25) is 9.59 Å². The van der Waals surface area contributed by atoms with Crippen molar-refractivity contribution in [1.29, 1.82) is 0 Å². The first-order valence-corrected chi connectivity index (χ1v) is 6.55. The van der Waals surface area contributed by atoms with Gasteiger partial charge in [0, 0.05) is 0 Å². The normalized spacial score (nSPS) is 15.4. The van der Waals surface area contributed by atoms with E-state index in [1.54, 1.807) is 13.8 Å². The molecule has 0 heterocycles. The van der Waals surface area contributed by atoms with Gasteiger partial charge in [0.1, 0.15) is 6.10 Å². The second-order valence-electron chi connectivity index (χ2n) is 5.11. The molecule has 0 spiro atoms. The highest BCUT2D eigenvalue weighted by Crippen LogP contribution is 2.16. The van der Waals surface area contributed by atoms with Crippen LogP contribution in [0, 0.1) is 5.92 Å². The molecule has 0 aromatic rings. The van der Waals surface area contributed by atoms with Gasteiger partial charge >= 0.3 is 17.9 Å². The molecule has 8 heteroatoms. The molecule has 0 amide bonds. The third-order valence-corrected chi connectivity index (χ3v) is 2.40. The molecule has 0 aromatic heterocycles. The Balaban J connectivity index is 4.83. The van der Waals surface area contributed by atoms with Crippen molar-refractivity contribution in [1.82, 2.24) is 0 Å². The van der Waals surface area contributed by atoms with Crippen molar-refractivity contribution in [2.24, 2.45) is 5.92 Å². The lowest BCUT2D eigenvalue weighted by Crippen LogP contribution is -2.44. The van der Waals surface area contributed by atoms with Gasteiger partial charge in [-0.15, -0.1) is 0 Å².